The van der Waals surface area contributed by atoms with E-state index in [0.29, 0.717) is 65.9 Å². The lowest BCUT2D eigenvalue weighted by Crippen LogP contribution is -2.40. The summed E-state index contributed by atoms with van der Waals surface area (Å²) in [6.45, 7) is 1.34. The molecule has 2 aromatic carbocycles. The molecule has 0 bridgehead atoms. The molecular weight excluding hydrogens is 402 g/mol. The zero-order valence-corrected chi connectivity index (χ0v) is 16.9. The van der Waals surface area contributed by atoms with E-state index in [1.54, 1.807) is 35.2 Å². The quantitative estimate of drug-likeness (QED) is 0.785. The maximum absolute atomic E-state index is 13.0. The van der Waals surface area contributed by atoms with Crippen LogP contribution in [0.5, 0.6) is 17.2 Å². The molecule has 0 aromatic heterocycles. The van der Waals surface area contributed by atoms with E-state index in [0.717, 1.165) is 6.42 Å². The molecule has 2 aromatic rings. The number of nitrogens with zero attached hydrogens (tertiary/aromatic N) is 1. The van der Waals surface area contributed by atoms with Crippen LogP contribution >= 0.6 is 0 Å². The minimum atomic E-state index is -0.442. The van der Waals surface area contributed by atoms with Gasteiger partial charge in [-0.25, -0.2) is 0 Å². The standard InChI is InChI=1S/C22H21N3O6/c1-29-17-9-12(10-18-19(17)31-8-7-30-18)20(26)23-13-4-5-15-14(11-13)22(28)25-6-2-3-16(25)21(27)24-15/h4-5,9-11,16H,2-3,6-8H2,1H3,(H,23,26)(H,24,27). The summed E-state index contributed by atoms with van der Waals surface area (Å²) in [5.41, 5.74) is 1.58. The molecule has 9 heteroatoms. The molecule has 1 fully saturated rings. The molecule has 3 heterocycles. The maximum Gasteiger partial charge on any atom is 0.256 e. The molecule has 1 unspecified atom stereocenters. The van der Waals surface area contributed by atoms with Crippen molar-refractivity contribution in [3.63, 3.8) is 0 Å². The number of carbonyl (C=O) groups is 3. The smallest absolute Gasteiger partial charge is 0.256 e. The maximum atomic E-state index is 13.0. The molecule has 31 heavy (non-hydrogen) atoms. The van der Waals surface area contributed by atoms with Crippen molar-refractivity contribution in [1.82, 2.24) is 4.90 Å². The van der Waals surface area contributed by atoms with Crippen LogP contribution in [0.4, 0.5) is 11.4 Å². The zero-order valence-electron chi connectivity index (χ0n) is 16.9. The molecule has 9 nitrogen and oxygen atoms in total. The number of rotatable bonds is 3. The van der Waals surface area contributed by atoms with E-state index in [1.807, 2.05) is 0 Å². The average molecular weight is 423 g/mol. The third-order valence-electron chi connectivity index (χ3n) is 5.67. The second kappa shape index (κ2) is 7.50. The monoisotopic (exact) mass is 423 g/mol. The number of carbonyl (C=O) groups excluding carboxylic acids is 3. The highest BCUT2D eigenvalue weighted by molar-refractivity contribution is 6.11. The number of amides is 3. The van der Waals surface area contributed by atoms with Gasteiger partial charge in [-0.3, -0.25) is 14.4 Å². The van der Waals surface area contributed by atoms with Gasteiger partial charge in [-0.05, 0) is 43.2 Å². The number of hydrogen-bond acceptors (Lipinski definition) is 6. The summed E-state index contributed by atoms with van der Waals surface area (Å²) < 4.78 is 16.5. The van der Waals surface area contributed by atoms with Crippen LogP contribution < -0.4 is 24.8 Å². The van der Waals surface area contributed by atoms with Gasteiger partial charge in [-0.2, -0.15) is 0 Å². The van der Waals surface area contributed by atoms with Crippen LogP contribution in [0, 0.1) is 0 Å². The Labute approximate surface area is 178 Å². The Morgan fingerprint density at radius 1 is 1.19 bits per heavy atom. The van der Waals surface area contributed by atoms with Crippen molar-refractivity contribution in [2.45, 2.75) is 18.9 Å². The summed E-state index contributed by atoms with van der Waals surface area (Å²) in [6, 6.07) is 7.60. The highest BCUT2D eigenvalue weighted by atomic mass is 16.6. The van der Waals surface area contributed by atoms with Crippen LogP contribution in [0.2, 0.25) is 0 Å². The van der Waals surface area contributed by atoms with Crippen molar-refractivity contribution >= 4 is 29.1 Å². The van der Waals surface area contributed by atoms with E-state index < -0.39 is 6.04 Å². The summed E-state index contributed by atoms with van der Waals surface area (Å²) >= 11 is 0. The largest absolute Gasteiger partial charge is 0.493 e. The molecular formula is C22H21N3O6. The Morgan fingerprint density at radius 3 is 2.87 bits per heavy atom. The number of benzene rings is 2. The van der Waals surface area contributed by atoms with Gasteiger partial charge in [0.25, 0.3) is 11.8 Å². The number of fused-ring (bicyclic) bond motifs is 3. The van der Waals surface area contributed by atoms with Crippen LogP contribution in [0.3, 0.4) is 0 Å². The molecule has 3 amide bonds. The molecule has 1 atom stereocenters. The van der Waals surface area contributed by atoms with Crippen LogP contribution in [-0.4, -0.2) is 55.5 Å². The van der Waals surface area contributed by atoms with E-state index in [2.05, 4.69) is 10.6 Å². The molecule has 2 N–H and O–H groups in total. The molecule has 160 valence electrons. The molecule has 0 spiro atoms. The molecule has 0 aliphatic carbocycles. The third-order valence-corrected chi connectivity index (χ3v) is 5.67. The van der Waals surface area contributed by atoms with Gasteiger partial charge in [0.05, 0.1) is 18.4 Å². The molecule has 0 radical (unpaired) electrons. The van der Waals surface area contributed by atoms with E-state index in [-0.39, 0.29) is 17.7 Å². The highest BCUT2D eigenvalue weighted by Gasteiger charge is 2.38. The van der Waals surface area contributed by atoms with Crippen LogP contribution in [-0.2, 0) is 4.79 Å². The van der Waals surface area contributed by atoms with Gasteiger partial charge in [-0.15, -0.1) is 0 Å². The number of hydrogen-bond donors (Lipinski definition) is 2. The SMILES string of the molecule is COc1cc(C(=O)Nc2ccc3c(c2)C(=O)N2CCCC2C(=O)N3)cc2c1OCCO2. The molecule has 3 aliphatic rings. The highest BCUT2D eigenvalue weighted by Crippen LogP contribution is 2.40. The van der Waals surface area contributed by atoms with Crippen molar-refractivity contribution in [3.8, 4) is 17.2 Å². The fourth-order valence-electron chi connectivity index (χ4n) is 4.17. The molecule has 1 saturated heterocycles. The number of methoxy groups -OCH3 is 1. The summed E-state index contributed by atoms with van der Waals surface area (Å²) in [5.74, 6) is 0.534. The number of nitrogens with one attached hydrogen (secondary N) is 2. The lowest BCUT2D eigenvalue weighted by atomic mass is 10.1. The minimum absolute atomic E-state index is 0.176. The second-order valence-electron chi connectivity index (χ2n) is 7.56. The van der Waals surface area contributed by atoms with Gasteiger partial charge in [-0.1, -0.05) is 0 Å². The summed E-state index contributed by atoms with van der Waals surface area (Å²) in [4.78, 5) is 39.9. The summed E-state index contributed by atoms with van der Waals surface area (Å²) in [6.07, 6.45) is 1.45. The van der Waals surface area contributed by atoms with Gasteiger partial charge in [0.2, 0.25) is 11.7 Å². The first-order valence-corrected chi connectivity index (χ1v) is 10.1. The first-order chi connectivity index (χ1) is 15.0. The van der Waals surface area contributed by atoms with E-state index in [1.165, 1.54) is 7.11 Å². The Bertz CT molecular complexity index is 1080. The number of ether oxygens (including phenoxy) is 3. The number of anilines is 2. The Balaban J connectivity index is 1.43. The van der Waals surface area contributed by atoms with Gasteiger partial charge < -0.3 is 29.7 Å². The van der Waals surface area contributed by atoms with Gasteiger partial charge in [0.15, 0.2) is 11.5 Å². The lowest BCUT2D eigenvalue weighted by molar-refractivity contribution is -0.119. The summed E-state index contributed by atoms with van der Waals surface area (Å²) in [5, 5.41) is 5.63. The minimum Gasteiger partial charge on any atom is -0.493 e. The second-order valence-corrected chi connectivity index (χ2v) is 7.56. The fourth-order valence-corrected chi connectivity index (χ4v) is 4.17. The van der Waals surface area contributed by atoms with Crippen molar-refractivity contribution < 1.29 is 28.6 Å². The lowest BCUT2D eigenvalue weighted by Gasteiger charge is -2.21. The van der Waals surface area contributed by atoms with E-state index in [9.17, 15) is 14.4 Å². The van der Waals surface area contributed by atoms with Crippen molar-refractivity contribution in [3.05, 3.63) is 41.5 Å². The topological polar surface area (TPSA) is 106 Å². The van der Waals surface area contributed by atoms with Crippen LogP contribution in [0.25, 0.3) is 0 Å². The fraction of sp³-hybridized carbons (Fsp3) is 0.318. The first-order valence-electron chi connectivity index (χ1n) is 10.1. The van der Waals surface area contributed by atoms with Crippen LogP contribution in [0.15, 0.2) is 30.3 Å². The van der Waals surface area contributed by atoms with Gasteiger partial charge >= 0.3 is 0 Å². The van der Waals surface area contributed by atoms with Crippen LogP contribution in [0.1, 0.15) is 33.6 Å². The third kappa shape index (κ3) is 3.31. The predicted molar refractivity (Wildman–Crippen MR) is 111 cm³/mol. The van der Waals surface area contributed by atoms with Crippen molar-refractivity contribution in [2.24, 2.45) is 0 Å². The Morgan fingerprint density at radius 2 is 2.03 bits per heavy atom. The average Bonchev–Trinajstić information content (AvgIpc) is 3.25. The normalized spacial score (nSPS) is 19.1. The van der Waals surface area contributed by atoms with Gasteiger partial charge in [0.1, 0.15) is 19.3 Å². The Hall–Kier alpha value is -3.75. The zero-order chi connectivity index (χ0) is 21.5. The van der Waals surface area contributed by atoms with Crippen molar-refractivity contribution in [2.75, 3.05) is 37.5 Å². The van der Waals surface area contributed by atoms with E-state index in [4.69, 9.17) is 14.2 Å². The predicted octanol–water partition coefficient (Wildman–Crippen LogP) is 2.28. The molecule has 5 rings (SSSR count). The van der Waals surface area contributed by atoms with Crippen molar-refractivity contribution in [1.29, 1.82) is 0 Å². The van der Waals surface area contributed by atoms with E-state index >= 15 is 0 Å². The first kappa shape index (κ1) is 19.2. The Kier molecular flexibility index (Phi) is 4.65. The van der Waals surface area contributed by atoms with Gasteiger partial charge in [0, 0.05) is 17.8 Å². The molecule has 3 aliphatic heterocycles. The summed E-state index contributed by atoms with van der Waals surface area (Å²) in [7, 11) is 1.49. The molecule has 0 saturated carbocycles.